The smallest absolute Gasteiger partial charge is 0.241 e. The summed E-state index contributed by atoms with van der Waals surface area (Å²) in [6.07, 6.45) is 3.57. The second-order valence-electron chi connectivity index (χ2n) is 4.49. The van der Waals surface area contributed by atoms with Gasteiger partial charge in [0.15, 0.2) is 0 Å². The van der Waals surface area contributed by atoms with E-state index in [0.717, 1.165) is 25.2 Å². The zero-order valence-electron chi connectivity index (χ0n) is 12.3. The first-order chi connectivity index (χ1) is 9.12. The summed E-state index contributed by atoms with van der Waals surface area (Å²) in [5, 5.41) is 10.1. The lowest BCUT2D eigenvalue weighted by molar-refractivity contribution is -0.123. The summed E-state index contributed by atoms with van der Waals surface area (Å²) in [6, 6.07) is -0.342. The second kappa shape index (κ2) is 7.91. The molecule has 0 spiro atoms. The molecular weight excluding hydrogens is 242 g/mol. The van der Waals surface area contributed by atoms with Crippen molar-refractivity contribution in [3.8, 4) is 0 Å². The molecule has 0 aliphatic carbocycles. The molecule has 6 nitrogen and oxygen atoms in total. The summed E-state index contributed by atoms with van der Waals surface area (Å²) in [5.41, 5.74) is 0.880. The monoisotopic (exact) mass is 267 g/mol. The maximum absolute atomic E-state index is 12.1. The molecule has 0 bridgehead atoms. The van der Waals surface area contributed by atoms with Gasteiger partial charge in [-0.3, -0.25) is 9.48 Å². The van der Waals surface area contributed by atoms with Gasteiger partial charge in [0.1, 0.15) is 6.04 Å². The molecule has 19 heavy (non-hydrogen) atoms. The van der Waals surface area contributed by atoms with E-state index < -0.39 is 0 Å². The van der Waals surface area contributed by atoms with Crippen LogP contribution in [0.15, 0.2) is 12.4 Å². The second-order valence-corrected chi connectivity index (χ2v) is 4.49. The van der Waals surface area contributed by atoms with Crippen molar-refractivity contribution in [2.75, 3.05) is 33.2 Å². The van der Waals surface area contributed by atoms with E-state index in [4.69, 9.17) is 0 Å². The van der Waals surface area contributed by atoms with Gasteiger partial charge in [0.05, 0.1) is 6.20 Å². The first-order valence-electron chi connectivity index (χ1n) is 6.78. The first kappa shape index (κ1) is 15.7. The van der Waals surface area contributed by atoms with Gasteiger partial charge >= 0.3 is 0 Å². The molecule has 1 unspecified atom stereocenters. The van der Waals surface area contributed by atoms with Crippen LogP contribution < -0.4 is 10.6 Å². The zero-order chi connectivity index (χ0) is 14.3. The fourth-order valence-electron chi connectivity index (χ4n) is 2.02. The zero-order valence-corrected chi connectivity index (χ0v) is 12.3. The van der Waals surface area contributed by atoms with Crippen LogP contribution in [0.3, 0.4) is 0 Å². The standard InChI is InChI=1S/C13H25N5O/c1-5-18(6-2)8-7-15-13(19)12(14-3)11-9-16-17(4)10-11/h9-10,12,14H,5-8H2,1-4H3,(H,15,19). The Kier molecular flexibility index (Phi) is 6.52. The molecule has 2 N–H and O–H groups in total. The van der Waals surface area contributed by atoms with E-state index in [0.29, 0.717) is 6.54 Å². The van der Waals surface area contributed by atoms with Crippen LogP contribution in [0.2, 0.25) is 0 Å². The van der Waals surface area contributed by atoms with E-state index in [2.05, 4.69) is 34.5 Å². The highest BCUT2D eigenvalue weighted by molar-refractivity contribution is 5.82. The maximum atomic E-state index is 12.1. The number of rotatable bonds is 8. The number of amides is 1. The van der Waals surface area contributed by atoms with Gasteiger partial charge in [-0.25, -0.2) is 0 Å². The number of aromatic nitrogens is 2. The molecule has 1 aromatic heterocycles. The number of carbonyl (C=O) groups excluding carboxylic acids is 1. The highest BCUT2D eigenvalue weighted by Crippen LogP contribution is 2.10. The molecule has 0 aromatic carbocycles. The number of carbonyl (C=O) groups is 1. The van der Waals surface area contributed by atoms with Crippen molar-refractivity contribution in [1.82, 2.24) is 25.3 Å². The number of aryl methyl sites for hydroxylation is 1. The van der Waals surface area contributed by atoms with Crippen molar-refractivity contribution in [3.63, 3.8) is 0 Å². The summed E-state index contributed by atoms with van der Waals surface area (Å²) >= 11 is 0. The van der Waals surface area contributed by atoms with Crippen LogP contribution >= 0.6 is 0 Å². The highest BCUT2D eigenvalue weighted by Gasteiger charge is 2.19. The van der Waals surface area contributed by atoms with Crippen LogP contribution in [0, 0.1) is 0 Å². The molecule has 0 saturated heterocycles. The molecule has 0 saturated carbocycles. The van der Waals surface area contributed by atoms with Crippen LogP contribution in [0.25, 0.3) is 0 Å². The lowest BCUT2D eigenvalue weighted by Gasteiger charge is -2.19. The number of nitrogens with one attached hydrogen (secondary N) is 2. The van der Waals surface area contributed by atoms with Crippen LogP contribution in [-0.2, 0) is 11.8 Å². The van der Waals surface area contributed by atoms with Gasteiger partial charge in [-0.2, -0.15) is 5.10 Å². The predicted molar refractivity (Wildman–Crippen MR) is 75.8 cm³/mol. The molecule has 0 fully saturated rings. The fourth-order valence-corrected chi connectivity index (χ4v) is 2.02. The Bertz CT molecular complexity index is 386. The van der Waals surface area contributed by atoms with Gasteiger partial charge in [-0.15, -0.1) is 0 Å². The van der Waals surface area contributed by atoms with Gasteiger partial charge in [0.25, 0.3) is 0 Å². The van der Waals surface area contributed by atoms with Crippen molar-refractivity contribution in [2.45, 2.75) is 19.9 Å². The van der Waals surface area contributed by atoms with Gasteiger partial charge in [0, 0.05) is 31.9 Å². The van der Waals surface area contributed by atoms with Crippen LogP contribution in [0.1, 0.15) is 25.5 Å². The summed E-state index contributed by atoms with van der Waals surface area (Å²) in [4.78, 5) is 14.4. The third kappa shape index (κ3) is 4.65. The molecule has 1 rings (SSSR count). The third-order valence-corrected chi connectivity index (χ3v) is 3.23. The average molecular weight is 267 g/mol. The minimum atomic E-state index is -0.342. The molecule has 6 heteroatoms. The minimum Gasteiger partial charge on any atom is -0.353 e. The molecule has 0 aliphatic rings. The molecule has 0 aliphatic heterocycles. The van der Waals surface area contributed by atoms with E-state index in [1.54, 1.807) is 17.9 Å². The summed E-state index contributed by atoms with van der Waals surface area (Å²) in [7, 11) is 3.62. The quantitative estimate of drug-likeness (QED) is 0.703. The molecule has 0 radical (unpaired) electrons. The van der Waals surface area contributed by atoms with Crippen molar-refractivity contribution >= 4 is 5.91 Å². The maximum Gasteiger partial charge on any atom is 0.241 e. The molecule has 1 aromatic rings. The van der Waals surface area contributed by atoms with Crippen molar-refractivity contribution in [3.05, 3.63) is 18.0 Å². The fraction of sp³-hybridized carbons (Fsp3) is 0.692. The Balaban J connectivity index is 2.46. The van der Waals surface area contributed by atoms with Gasteiger partial charge in [-0.05, 0) is 20.1 Å². The predicted octanol–water partition coefficient (Wildman–Crippen LogP) is 0.139. The lowest BCUT2D eigenvalue weighted by Crippen LogP contribution is -2.40. The van der Waals surface area contributed by atoms with E-state index in [1.807, 2.05) is 13.2 Å². The molecular formula is C13H25N5O. The van der Waals surface area contributed by atoms with Crippen molar-refractivity contribution in [1.29, 1.82) is 0 Å². The summed E-state index contributed by atoms with van der Waals surface area (Å²) in [6.45, 7) is 7.80. The summed E-state index contributed by atoms with van der Waals surface area (Å²) in [5.74, 6) is -0.0114. The van der Waals surface area contributed by atoms with E-state index >= 15 is 0 Å². The van der Waals surface area contributed by atoms with Gasteiger partial charge in [0.2, 0.25) is 5.91 Å². The summed E-state index contributed by atoms with van der Waals surface area (Å²) < 4.78 is 1.70. The van der Waals surface area contributed by atoms with Crippen LogP contribution in [0.4, 0.5) is 0 Å². The van der Waals surface area contributed by atoms with E-state index in [-0.39, 0.29) is 11.9 Å². The SMILES string of the molecule is CCN(CC)CCNC(=O)C(NC)c1cnn(C)c1. The number of nitrogens with zero attached hydrogens (tertiary/aromatic N) is 3. The Hall–Kier alpha value is -1.40. The Labute approximate surface area is 115 Å². The van der Waals surface area contributed by atoms with Crippen LogP contribution in [0.5, 0.6) is 0 Å². The number of hydrogen-bond acceptors (Lipinski definition) is 4. The number of likely N-dealkylation sites (N-methyl/N-ethyl adjacent to an activating group) is 2. The normalized spacial score (nSPS) is 12.7. The topological polar surface area (TPSA) is 62.2 Å². The Morgan fingerprint density at radius 1 is 1.47 bits per heavy atom. The largest absolute Gasteiger partial charge is 0.353 e. The minimum absolute atomic E-state index is 0.0114. The van der Waals surface area contributed by atoms with Gasteiger partial charge < -0.3 is 15.5 Å². The lowest BCUT2D eigenvalue weighted by atomic mass is 10.1. The van der Waals surface area contributed by atoms with E-state index in [9.17, 15) is 4.79 Å². The highest BCUT2D eigenvalue weighted by atomic mass is 16.2. The molecule has 1 amide bonds. The Morgan fingerprint density at radius 2 is 2.16 bits per heavy atom. The van der Waals surface area contributed by atoms with Gasteiger partial charge in [-0.1, -0.05) is 13.8 Å². The molecule has 108 valence electrons. The average Bonchev–Trinajstić information content (AvgIpc) is 2.82. The number of hydrogen-bond donors (Lipinski definition) is 2. The Morgan fingerprint density at radius 3 is 2.63 bits per heavy atom. The van der Waals surface area contributed by atoms with Crippen LogP contribution in [-0.4, -0.2) is 53.8 Å². The molecule has 1 heterocycles. The van der Waals surface area contributed by atoms with Crippen molar-refractivity contribution in [2.24, 2.45) is 7.05 Å². The van der Waals surface area contributed by atoms with Crippen molar-refractivity contribution < 1.29 is 4.79 Å². The van der Waals surface area contributed by atoms with E-state index in [1.165, 1.54) is 0 Å². The molecule has 1 atom stereocenters. The third-order valence-electron chi connectivity index (χ3n) is 3.23. The first-order valence-corrected chi connectivity index (χ1v) is 6.78.